The summed E-state index contributed by atoms with van der Waals surface area (Å²) in [4.78, 5) is 0. The quantitative estimate of drug-likeness (QED) is 0.474. The van der Waals surface area contributed by atoms with Crippen LogP contribution in [0.3, 0.4) is 0 Å². The Kier molecular flexibility index (Phi) is 6.86. The molecule has 0 bridgehead atoms. The normalized spacial score (nSPS) is 9.62. The molecule has 0 spiro atoms. The lowest BCUT2D eigenvalue weighted by Crippen LogP contribution is -2.17. The number of hydrogen-bond donors (Lipinski definition) is 0. The lowest BCUT2D eigenvalue weighted by atomic mass is 10.3. The minimum Gasteiger partial charge on any atom is -0.496 e. The van der Waals surface area contributed by atoms with Crippen molar-refractivity contribution in [3.05, 3.63) is 48.5 Å². The predicted molar refractivity (Wildman–Crippen MR) is 95.8 cm³/mol. The third-order valence-corrected chi connectivity index (χ3v) is 5.40. The van der Waals surface area contributed by atoms with Crippen molar-refractivity contribution in [3.63, 3.8) is 0 Å². The highest BCUT2D eigenvalue weighted by molar-refractivity contribution is 7.73. The zero-order chi connectivity index (χ0) is 14.4. The fourth-order valence-corrected chi connectivity index (χ4v) is 4.28. The molecular weight excluding hydrogens is 278 g/mol. The molecule has 0 N–H and O–H groups in total. The van der Waals surface area contributed by atoms with Crippen LogP contribution in [-0.4, -0.2) is 28.8 Å². The first-order valence-corrected chi connectivity index (χ1v) is 7.81. The first-order chi connectivity index (χ1) is 9.81. The van der Waals surface area contributed by atoms with Crippen LogP contribution < -0.4 is 20.1 Å². The molecule has 4 heteroatoms. The first-order valence-electron chi connectivity index (χ1n) is 6.29. The molecule has 2 aromatic carbocycles. The number of ether oxygens (including phenoxy) is 2. The van der Waals surface area contributed by atoms with E-state index in [1.165, 1.54) is 0 Å². The van der Waals surface area contributed by atoms with Gasteiger partial charge in [-0.3, -0.25) is 0 Å². The molecule has 0 unspecified atom stereocenters. The number of rotatable bonds is 5. The Morgan fingerprint density at radius 3 is 1.71 bits per heavy atom. The maximum Gasteiger partial charge on any atom is 0.126 e. The van der Waals surface area contributed by atoms with E-state index in [0.29, 0.717) is 6.16 Å². The van der Waals surface area contributed by atoms with Gasteiger partial charge in [0.2, 0.25) is 0 Å². The summed E-state index contributed by atoms with van der Waals surface area (Å²) >= 11 is 0. The molecule has 0 aliphatic rings. The van der Waals surface area contributed by atoms with E-state index in [2.05, 4.69) is 18.1 Å². The molecule has 0 aromatic heterocycles. The van der Waals surface area contributed by atoms with Crippen LogP contribution in [0, 0.1) is 12.3 Å². The summed E-state index contributed by atoms with van der Waals surface area (Å²) in [6.07, 6.45) is 6.23. The Balaban J connectivity index is 0.00000220. The Morgan fingerprint density at radius 1 is 0.905 bits per heavy atom. The van der Waals surface area contributed by atoms with Crippen molar-refractivity contribution in [2.45, 2.75) is 0 Å². The van der Waals surface area contributed by atoms with Crippen molar-refractivity contribution in [2.24, 2.45) is 0 Å². The molecule has 0 heterocycles. The van der Waals surface area contributed by atoms with Crippen LogP contribution in [-0.2, 0) is 0 Å². The molecule has 0 amide bonds. The van der Waals surface area contributed by atoms with Gasteiger partial charge in [-0.05, 0) is 20.1 Å². The van der Waals surface area contributed by atoms with E-state index < -0.39 is 7.92 Å². The summed E-state index contributed by atoms with van der Waals surface area (Å²) in [5.41, 5.74) is 0. The third-order valence-electron chi connectivity index (χ3n) is 3.00. The zero-order valence-corrected chi connectivity index (χ0v) is 12.6. The summed E-state index contributed by atoms with van der Waals surface area (Å²) in [5.74, 6) is 4.53. The molecule has 0 fully saturated rings. The molecule has 2 rings (SSSR count). The van der Waals surface area contributed by atoms with Gasteiger partial charge in [0.15, 0.2) is 0 Å². The van der Waals surface area contributed by atoms with Gasteiger partial charge >= 0.3 is 0 Å². The van der Waals surface area contributed by atoms with Gasteiger partial charge in [0, 0.05) is 16.8 Å². The molecule has 0 radical (unpaired) electrons. The summed E-state index contributed by atoms with van der Waals surface area (Å²) in [5, 5.41) is 2.29. The minimum atomic E-state index is -0.690. The first kappa shape index (κ1) is 17.1. The molecule has 0 aliphatic heterocycles. The predicted octanol–water partition coefficient (Wildman–Crippen LogP) is 1.59. The SMILES string of the molecule is B.C#CCP(c1ccccc1OC)c1ccccc1OC. The second kappa shape index (κ2) is 8.40. The average molecular weight is 298 g/mol. The molecule has 0 atom stereocenters. The molecule has 21 heavy (non-hydrogen) atoms. The third kappa shape index (κ3) is 3.81. The van der Waals surface area contributed by atoms with Crippen molar-refractivity contribution in [2.75, 3.05) is 20.4 Å². The largest absolute Gasteiger partial charge is 0.496 e. The van der Waals surface area contributed by atoms with E-state index in [4.69, 9.17) is 15.9 Å². The Morgan fingerprint density at radius 2 is 1.33 bits per heavy atom. The van der Waals surface area contributed by atoms with Crippen LogP contribution in [0.1, 0.15) is 0 Å². The van der Waals surface area contributed by atoms with Crippen LogP contribution >= 0.6 is 7.92 Å². The summed E-state index contributed by atoms with van der Waals surface area (Å²) in [6, 6.07) is 16.1. The summed E-state index contributed by atoms with van der Waals surface area (Å²) < 4.78 is 10.9. The highest BCUT2D eigenvalue weighted by Gasteiger charge is 2.19. The molecule has 2 aromatic rings. The molecule has 0 aliphatic carbocycles. The van der Waals surface area contributed by atoms with Gasteiger partial charge in [-0.1, -0.05) is 36.4 Å². The second-order valence-electron chi connectivity index (χ2n) is 4.13. The monoisotopic (exact) mass is 298 g/mol. The minimum absolute atomic E-state index is 0. The van der Waals surface area contributed by atoms with Crippen molar-refractivity contribution >= 4 is 26.9 Å². The van der Waals surface area contributed by atoms with Gasteiger partial charge in [0.25, 0.3) is 0 Å². The lowest BCUT2D eigenvalue weighted by molar-refractivity contribution is 0.417. The van der Waals surface area contributed by atoms with Gasteiger partial charge in [-0.2, -0.15) is 0 Å². The number of benzene rings is 2. The Labute approximate surface area is 129 Å². The second-order valence-corrected chi connectivity index (χ2v) is 6.27. The standard InChI is InChI=1S/C17H17O2P.BH3/c1-4-13-20(16-11-7-5-9-14(16)18-2)17-12-8-6-10-15(17)19-3;/h1,5-12H,13H2,2-3H3;1H3. The van der Waals surface area contributed by atoms with Crippen molar-refractivity contribution in [3.8, 4) is 23.8 Å². The van der Waals surface area contributed by atoms with E-state index in [-0.39, 0.29) is 8.41 Å². The smallest absolute Gasteiger partial charge is 0.126 e. The number of para-hydroxylation sites is 2. The topological polar surface area (TPSA) is 18.5 Å². The van der Waals surface area contributed by atoms with E-state index in [0.717, 1.165) is 22.1 Å². The molecule has 0 saturated carbocycles. The van der Waals surface area contributed by atoms with Crippen LogP contribution in [0.15, 0.2) is 48.5 Å². The highest BCUT2D eigenvalue weighted by Crippen LogP contribution is 2.39. The number of hydrogen-bond acceptors (Lipinski definition) is 2. The highest BCUT2D eigenvalue weighted by atomic mass is 31.1. The van der Waals surface area contributed by atoms with Crippen LogP contribution in [0.4, 0.5) is 0 Å². The van der Waals surface area contributed by atoms with Crippen molar-refractivity contribution < 1.29 is 9.47 Å². The van der Waals surface area contributed by atoms with Gasteiger partial charge in [0.05, 0.1) is 22.6 Å². The summed E-state index contributed by atoms with van der Waals surface area (Å²) in [7, 11) is 2.68. The maximum absolute atomic E-state index is 5.57. The fraction of sp³-hybridized carbons (Fsp3) is 0.176. The van der Waals surface area contributed by atoms with E-state index in [1.54, 1.807) is 14.2 Å². The Hall–Kier alpha value is -1.91. The molecule has 2 nitrogen and oxygen atoms in total. The zero-order valence-electron chi connectivity index (χ0n) is 11.7. The number of terminal acetylenes is 1. The summed E-state index contributed by atoms with van der Waals surface area (Å²) in [6.45, 7) is 0. The van der Waals surface area contributed by atoms with E-state index in [1.807, 2.05) is 36.4 Å². The Bertz CT molecular complexity index is 575. The van der Waals surface area contributed by atoms with Gasteiger partial charge in [-0.15, -0.1) is 12.3 Å². The van der Waals surface area contributed by atoms with E-state index >= 15 is 0 Å². The number of methoxy groups -OCH3 is 2. The molecule has 0 saturated heterocycles. The maximum atomic E-state index is 5.57. The van der Waals surface area contributed by atoms with Crippen LogP contribution in [0.5, 0.6) is 11.5 Å². The van der Waals surface area contributed by atoms with Crippen LogP contribution in [0.2, 0.25) is 0 Å². The average Bonchev–Trinajstić information content (AvgIpc) is 2.52. The fourth-order valence-electron chi connectivity index (χ4n) is 2.10. The molecule has 108 valence electrons. The lowest BCUT2D eigenvalue weighted by Gasteiger charge is -2.20. The molecular formula is C17H20BO2P. The van der Waals surface area contributed by atoms with Crippen LogP contribution in [0.25, 0.3) is 0 Å². The van der Waals surface area contributed by atoms with Gasteiger partial charge in [0.1, 0.15) is 11.5 Å². The van der Waals surface area contributed by atoms with Gasteiger partial charge in [-0.25, -0.2) is 0 Å². The van der Waals surface area contributed by atoms with E-state index in [9.17, 15) is 0 Å². The van der Waals surface area contributed by atoms with Crippen molar-refractivity contribution in [1.82, 2.24) is 0 Å². The van der Waals surface area contributed by atoms with Crippen molar-refractivity contribution in [1.29, 1.82) is 0 Å². The van der Waals surface area contributed by atoms with Gasteiger partial charge < -0.3 is 9.47 Å².